The van der Waals surface area contributed by atoms with E-state index in [1.165, 1.54) is 0 Å². The molecule has 0 unspecified atom stereocenters. The largest absolute Gasteiger partial charge is 0.370 e. The van der Waals surface area contributed by atoms with Gasteiger partial charge in [-0.3, -0.25) is 9.59 Å². The van der Waals surface area contributed by atoms with Crippen LogP contribution in [0, 0.1) is 0 Å². The van der Waals surface area contributed by atoms with Crippen LogP contribution in [0.5, 0.6) is 0 Å². The Morgan fingerprint density at radius 2 is 1.55 bits per heavy atom. The number of amides is 2. The second-order valence-corrected chi connectivity index (χ2v) is 5.30. The summed E-state index contributed by atoms with van der Waals surface area (Å²) in [6.45, 7) is 0. The Balaban J connectivity index is 2.17. The molecular weight excluding hydrogens is 276 g/mol. The quantitative estimate of drug-likeness (QED) is 0.888. The van der Waals surface area contributed by atoms with Gasteiger partial charge in [-0.2, -0.15) is 0 Å². The monoisotopic (exact) mass is 296 g/mol. The summed E-state index contributed by atoms with van der Waals surface area (Å²) in [7, 11) is 1.71. The normalized spacial score (nSPS) is 11.7. The van der Waals surface area contributed by atoms with E-state index in [1.807, 2.05) is 48.5 Å². The molecule has 0 spiro atoms. The van der Waals surface area contributed by atoms with Gasteiger partial charge in [0.05, 0.1) is 0 Å². The summed E-state index contributed by atoms with van der Waals surface area (Å²) in [5.74, 6) is -0.517. The van der Waals surface area contributed by atoms with Crippen LogP contribution in [0.4, 0.5) is 0 Å². The Morgan fingerprint density at radius 3 is 2.09 bits per heavy atom. The number of benzene rings is 2. The number of hydrogen-bond donors (Lipinski definition) is 1. The number of primary amides is 1. The second-order valence-electron chi connectivity index (χ2n) is 5.30. The zero-order chi connectivity index (χ0) is 15.9. The maximum Gasteiger partial charge on any atom is 0.253 e. The highest BCUT2D eigenvalue weighted by Gasteiger charge is 2.23. The van der Waals surface area contributed by atoms with Crippen LogP contribution in [0.15, 0.2) is 60.7 Å². The van der Waals surface area contributed by atoms with Crippen LogP contribution in [-0.4, -0.2) is 29.8 Å². The van der Waals surface area contributed by atoms with Crippen molar-refractivity contribution in [2.75, 3.05) is 7.05 Å². The average molecular weight is 296 g/mol. The van der Waals surface area contributed by atoms with E-state index in [1.54, 1.807) is 24.1 Å². The first-order valence-electron chi connectivity index (χ1n) is 7.22. The fourth-order valence-electron chi connectivity index (χ4n) is 2.41. The molecule has 114 valence electrons. The van der Waals surface area contributed by atoms with E-state index < -0.39 is 5.91 Å². The van der Waals surface area contributed by atoms with Crippen molar-refractivity contribution in [2.45, 2.75) is 18.9 Å². The second kappa shape index (κ2) is 7.41. The molecule has 0 aliphatic rings. The van der Waals surface area contributed by atoms with E-state index in [4.69, 9.17) is 5.73 Å². The van der Waals surface area contributed by atoms with Crippen LogP contribution in [0.3, 0.4) is 0 Å². The first-order chi connectivity index (χ1) is 10.6. The number of carbonyl (C=O) groups is 2. The smallest absolute Gasteiger partial charge is 0.253 e. The third-order valence-corrected chi connectivity index (χ3v) is 3.64. The van der Waals surface area contributed by atoms with E-state index in [2.05, 4.69) is 0 Å². The lowest BCUT2D eigenvalue weighted by molar-refractivity contribution is -0.118. The van der Waals surface area contributed by atoms with Gasteiger partial charge >= 0.3 is 0 Å². The van der Waals surface area contributed by atoms with Crippen LogP contribution in [-0.2, 0) is 11.2 Å². The molecule has 2 N–H and O–H groups in total. The molecule has 0 aromatic heterocycles. The van der Waals surface area contributed by atoms with Gasteiger partial charge in [0.1, 0.15) is 0 Å². The fraction of sp³-hybridized carbons (Fsp3) is 0.222. The number of likely N-dealkylation sites (N-methyl/N-ethyl adjacent to an activating group) is 1. The van der Waals surface area contributed by atoms with Crippen LogP contribution in [0.1, 0.15) is 22.3 Å². The molecule has 2 amide bonds. The molecule has 1 atom stereocenters. The minimum absolute atomic E-state index is 0.109. The number of hydrogen-bond acceptors (Lipinski definition) is 2. The van der Waals surface area contributed by atoms with Crippen molar-refractivity contribution in [3.8, 4) is 0 Å². The summed E-state index contributed by atoms with van der Waals surface area (Å²) in [6.07, 6.45) is 0.739. The van der Waals surface area contributed by atoms with E-state index in [9.17, 15) is 9.59 Å². The molecule has 0 aliphatic carbocycles. The molecule has 4 heteroatoms. The minimum Gasteiger partial charge on any atom is -0.370 e. The lowest BCUT2D eigenvalue weighted by Crippen LogP contribution is -2.41. The van der Waals surface area contributed by atoms with E-state index in [0.29, 0.717) is 12.0 Å². The summed E-state index contributed by atoms with van der Waals surface area (Å²) in [6, 6.07) is 18.6. The van der Waals surface area contributed by atoms with Crippen molar-refractivity contribution >= 4 is 11.8 Å². The zero-order valence-corrected chi connectivity index (χ0v) is 12.6. The molecule has 0 heterocycles. The van der Waals surface area contributed by atoms with Gasteiger partial charge in [-0.05, 0) is 24.1 Å². The topological polar surface area (TPSA) is 63.4 Å². The number of carbonyl (C=O) groups excluding carboxylic acids is 2. The Hall–Kier alpha value is -2.62. The van der Waals surface area contributed by atoms with Gasteiger partial charge in [-0.15, -0.1) is 0 Å². The standard InChI is InChI=1S/C18H20N2O2/c1-20(18(22)15-10-6-3-7-11-15)16(13-17(19)21)12-14-8-4-2-5-9-14/h2-11,16H,12-13H2,1H3,(H2,19,21)/t16-/m0/s1. The molecule has 0 bridgehead atoms. The zero-order valence-electron chi connectivity index (χ0n) is 12.6. The van der Waals surface area contributed by atoms with Crippen molar-refractivity contribution in [1.82, 2.24) is 4.90 Å². The minimum atomic E-state index is -0.409. The van der Waals surface area contributed by atoms with E-state index >= 15 is 0 Å². The number of nitrogens with zero attached hydrogens (tertiary/aromatic N) is 1. The summed E-state index contributed by atoms with van der Waals surface area (Å²) in [4.78, 5) is 25.5. The molecule has 2 aromatic rings. The Morgan fingerprint density at radius 1 is 1.00 bits per heavy atom. The number of rotatable bonds is 6. The van der Waals surface area contributed by atoms with Crippen LogP contribution >= 0.6 is 0 Å². The molecule has 4 nitrogen and oxygen atoms in total. The van der Waals surface area contributed by atoms with Gasteiger partial charge in [0.25, 0.3) is 5.91 Å². The molecular formula is C18H20N2O2. The molecule has 0 saturated heterocycles. The fourth-order valence-corrected chi connectivity index (χ4v) is 2.41. The summed E-state index contributed by atoms with van der Waals surface area (Å²) in [5, 5.41) is 0. The van der Waals surface area contributed by atoms with Crippen LogP contribution in [0.2, 0.25) is 0 Å². The first kappa shape index (κ1) is 15.8. The van der Waals surface area contributed by atoms with Crippen LogP contribution < -0.4 is 5.73 Å². The van der Waals surface area contributed by atoms with Gasteiger partial charge in [-0.1, -0.05) is 48.5 Å². The van der Waals surface area contributed by atoms with Gasteiger partial charge < -0.3 is 10.6 Å². The molecule has 0 saturated carbocycles. The van der Waals surface area contributed by atoms with Crippen molar-refractivity contribution < 1.29 is 9.59 Å². The van der Waals surface area contributed by atoms with Crippen molar-refractivity contribution in [2.24, 2.45) is 5.73 Å². The SMILES string of the molecule is CN(C(=O)c1ccccc1)[C@H](CC(N)=O)Cc1ccccc1. The predicted molar refractivity (Wildman–Crippen MR) is 86.3 cm³/mol. The third-order valence-electron chi connectivity index (χ3n) is 3.64. The van der Waals surface area contributed by atoms with Crippen molar-refractivity contribution in [3.05, 3.63) is 71.8 Å². The number of nitrogens with two attached hydrogens (primary N) is 1. The third kappa shape index (κ3) is 4.19. The molecule has 2 rings (SSSR count). The van der Waals surface area contributed by atoms with Gasteiger partial charge in [-0.25, -0.2) is 0 Å². The Kier molecular flexibility index (Phi) is 5.31. The lowest BCUT2D eigenvalue weighted by Gasteiger charge is -2.27. The van der Waals surface area contributed by atoms with E-state index in [-0.39, 0.29) is 18.4 Å². The van der Waals surface area contributed by atoms with Gasteiger partial charge in [0.15, 0.2) is 0 Å². The van der Waals surface area contributed by atoms with E-state index in [0.717, 1.165) is 5.56 Å². The molecule has 0 fully saturated rings. The summed E-state index contributed by atoms with van der Waals surface area (Å²) < 4.78 is 0. The predicted octanol–water partition coefficient (Wildman–Crippen LogP) is 2.25. The van der Waals surface area contributed by atoms with Gasteiger partial charge in [0.2, 0.25) is 5.91 Å². The maximum atomic E-state index is 12.5. The molecule has 0 radical (unpaired) electrons. The highest BCUT2D eigenvalue weighted by atomic mass is 16.2. The molecule has 0 aliphatic heterocycles. The molecule has 22 heavy (non-hydrogen) atoms. The highest BCUT2D eigenvalue weighted by molar-refractivity contribution is 5.94. The van der Waals surface area contributed by atoms with Crippen molar-refractivity contribution in [1.29, 1.82) is 0 Å². The van der Waals surface area contributed by atoms with Gasteiger partial charge in [0, 0.05) is 25.1 Å². The van der Waals surface area contributed by atoms with Crippen LogP contribution in [0.25, 0.3) is 0 Å². The Labute approximate surface area is 130 Å². The summed E-state index contributed by atoms with van der Waals surface area (Å²) in [5.41, 5.74) is 7.02. The van der Waals surface area contributed by atoms with Crippen molar-refractivity contribution in [3.63, 3.8) is 0 Å². The Bertz CT molecular complexity index is 626. The maximum absolute atomic E-state index is 12.5. The average Bonchev–Trinajstić information content (AvgIpc) is 2.54. The highest BCUT2D eigenvalue weighted by Crippen LogP contribution is 2.14. The lowest BCUT2D eigenvalue weighted by atomic mass is 10.0. The first-order valence-corrected chi connectivity index (χ1v) is 7.22. The summed E-state index contributed by atoms with van der Waals surface area (Å²) >= 11 is 0. The molecule has 2 aromatic carbocycles.